The summed E-state index contributed by atoms with van der Waals surface area (Å²) in [6.45, 7) is 0.810. The molecule has 0 spiro atoms. The number of benzene rings is 1. The van der Waals surface area contributed by atoms with Crippen molar-refractivity contribution in [3.63, 3.8) is 0 Å². The van der Waals surface area contributed by atoms with Gasteiger partial charge in [0.1, 0.15) is 5.75 Å². The molecule has 1 unspecified atom stereocenters. The van der Waals surface area contributed by atoms with Crippen molar-refractivity contribution in [2.75, 3.05) is 0 Å². The van der Waals surface area contributed by atoms with Gasteiger partial charge in [0.15, 0.2) is 0 Å². The Morgan fingerprint density at radius 1 is 1.32 bits per heavy atom. The van der Waals surface area contributed by atoms with Crippen molar-refractivity contribution in [3.05, 3.63) is 48.5 Å². The lowest BCUT2D eigenvalue weighted by molar-refractivity contribution is 0.0868. The van der Waals surface area contributed by atoms with Crippen LogP contribution in [0.3, 0.4) is 0 Å². The van der Waals surface area contributed by atoms with Gasteiger partial charge in [0.2, 0.25) is 0 Å². The minimum absolute atomic E-state index is 0.177. The van der Waals surface area contributed by atoms with E-state index in [2.05, 4.69) is 10.3 Å². The van der Waals surface area contributed by atoms with Crippen LogP contribution in [0.2, 0.25) is 0 Å². The Labute approximate surface area is 146 Å². The Morgan fingerprint density at radius 3 is 2.92 bits per heavy atom. The summed E-state index contributed by atoms with van der Waals surface area (Å²) >= 11 is 0. The number of aliphatic hydroxyl groups excluding tert-OH is 1. The molecule has 2 aliphatic rings. The molecule has 2 saturated carbocycles. The SMILES string of the molecule is O=C(N[C@@H]1CC(Cn2ccnc2)C[C@H]1O)c1ccccc1OC1CC1. The molecule has 1 aromatic carbocycles. The van der Waals surface area contributed by atoms with Crippen LogP contribution < -0.4 is 10.1 Å². The summed E-state index contributed by atoms with van der Waals surface area (Å²) in [5.41, 5.74) is 0.541. The minimum Gasteiger partial charge on any atom is -0.490 e. The fourth-order valence-corrected chi connectivity index (χ4v) is 3.48. The number of ether oxygens (including phenoxy) is 1. The maximum absolute atomic E-state index is 12.7. The molecule has 1 aromatic heterocycles. The van der Waals surface area contributed by atoms with Crippen molar-refractivity contribution in [1.29, 1.82) is 0 Å². The first-order valence-electron chi connectivity index (χ1n) is 8.89. The van der Waals surface area contributed by atoms with E-state index in [1.807, 2.05) is 29.0 Å². The average Bonchev–Trinajstić information content (AvgIpc) is 3.14. The molecule has 2 aliphatic carbocycles. The maximum Gasteiger partial charge on any atom is 0.255 e. The van der Waals surface area contributed by atoms with Crippen LogP contribution in [0.4, 0.5) is 0 Å². The summed E-state index contributed by atoms with van der Waals surface area (Å²) in [5, 5.41) is 13.3. The third-order valence-corrected chi connectivity index (χ3v) is 4.92. The third-order valence-electron chi connectivity index (χ3n) is 4.92. The van der Waals surface area contributed by atoms with Gasteiger partial charge in [-0.15, -0.1) is 0 Å². The van der Waals surface area contributed by atoms with E-state index in [-0.39, 0.29) is 18.1 Å². The second-order valence-corrected chi connectivity index (χ2v) is 7.06. The second kappa shape index (κ2) is 6.88. The van der Waals surface area contributed by atoms with Gasteiger partial charge in [0, 0.05) is 18.9 Å². The Morgan fingerprint density at radius 2 is 2.16 bits per heavy atom. The van der Waals surface area contributed by atoms with Gasteiger partial charge in [-0.25, -0.2) is 4.98 Å². The third kappa shape index (κ3) is 3.85. The molecule has 4 rings (SSSR count). The molecule has 2 aromatic rings. The van der Waals surface area contributed by atoms with E-state index in [0.29, 0.717) is 23.7 Å². The number of amides is 1. The van der Waals surface area contributed by atoms with E-state index >= 15 is 0 Å². The topological polar surface area (TPSA) is 76.4 Å². The number of rotatable bonds is 6. The normalized spacial score (nSPS) is 25.7. The highest BCUT2D eigenvalue weighted by molar-refractivity contribution is 5.97. The van der Waals surface area contributed by atoms with E-state index in [4.69, 9.17) is 4.74 Å². The molecule has 0 radical (unpaired) electrons. The largest absolute Gasteiger partial charge is 0.490 e. The van der Waals surface area contributed by atoms with Gasteiger partial charge in [-0.05, 0) is 43.7 Å². The molecule has 6 heteroatoms. The Bertz CT molecular complexity index is 727. The molecule has 3 atom stereocenters. The minimum atomic E-state index is -0.519. The zero-order chi connectivity index (χ0) is 17.2. The van der Waals surface area contributed by atoms with Crippen molar-refractivity contribution in [1.82, 2.24) is 14.9 Å². The quantitative estimate of drug-likeness (QED) is 0.842. The molecule has 25 heavy (non-hydrogen) atoms. The van der Waals surface area contributed by atoms with Gasteiger partial charge >= 0.3 is 0 Å². The number of nitrogens with one attached hydrogen (secondary N) is 1. The van der Waals surface area contributed by atoms with Crippen LogP contribution in [0.5, 0.6) is 5.75 Å². The Kier molecular flexibility index (Phi) is 4.44. The summed E-state index contributed by atoms with van der Waals surface area (Å²) in [7, 11) is 0. The van der Waals surface area contributed by atoms with Gasteiger partial charge in [-0.2, -0.15) is 0 Å². The zero-order valence-electron chi connectivity index (χ0n) is 14.0. The molecule has 1 amide bonds. The van der Waals surface area contributed by atoms with Crippen LogP contribution >= 0.6 is 0 Å². The van der Waals surface area contributed by atoms with Gasteiger partial charge in [-0.1, -0.05) is 12.1 Å². The first kappa shape index (κ1) is 16.1. The van der Waals surface area contributed by atoms with Crippen LogP contribution in [-0.2, 0) is 6.54 Å². The van der Waals surface area contributed by atoms with Gasteiger partial charge in [0.05, 0.1) is 30.1 Å². The number of aliphatic hydroxyl groups is 1. The number of hydrogen-bond acceptors (Lipinski definition) is 4. The molecule has 6 nitrogen and oxygen atoms in total. The lowest BCUT2D eigenvalue weighted by atomic mass is 10.1. The van der Waals surface area contributed by atoms with Crippen molar-refractivity contribution < 1.29 is 14.6 Å². The number of carbonyl (C=O) groups is 1. The van der Waals surface area contributed by atoms with E-state index in [1.165, 1.54) is 0 Å². The highest BCUT2D eigenvalue weighted by Gasteiger charge is 2.34. The first-order valence-corrected chi connectivity index (χ1v) is 8.89. The molecule has 2 fully saturated rings. The predicted molar refractivity (Wildman–Crippen MR) is 92.3 cm³/mol. The lowest BCUT2D eigenvalue weighted by Crippen LogP contribution is -2.40. The fraction of sp³-hybridized carbons (Fsp3) is 0.474. The van der Waals surface area contributed by atoms with Crippen molar-refractivity contribution in [2.24, 2.45) is 5.92 Å². The summed E-state index contributed by atoms with van der Waals surface area (Å²) in [5.74, 6) is 0.779. The summed E-state index contributed by atoms with van der Waals surface area (Å²) < 4.78 is 7.84. The maximum atomic E-state index is 12.7. The standard InChI is InChI=1S/C19H23N3O3/c23-17-10-13(11-22-8-7-20-12-22)9-16(17)21-19(24)15-3-1-2-4-18(15)25-14-5-6-14/h1-4,7-8,12-14,16-17,23H,5-6,9-11H2,(H,21,24)/t13?,16-,17-/m1/s1. The molecule has 0 saturated heterocycles. The molecule has 132 valence electrons. The number of hydrogen-bond donors (Lipinski definition) is 2. The molecular weight excluding hydrogens is 318 g/mol. The zero-order valence-corrected chi connectivity index (χ0v) is 14.0. The van der Waals surface area contributed by atoms with Crippen molar-refractivity contribution >= 4 is 5.91 Å². The van der Waals surface area contributed by atoms with E-state index in [0.717, 1.165) is 25.8 Å². The van der Waals surface area contributed by atoms with E-state index in [1.54, 1.807) is 18.6 Å². The second-order valence-electron chi connectivity index (χ2n) is 7.06. The average molecular weight is 341 g/mol. The number of nitrogens with zero attached hydrogens (tertiary/aromatic N) is 2. The Balaban J connectivity index is 1.39. The first-order chi connectivity index (χ1) is 12.2. The van der Waals surface area contributed by atoms with E-state index in [9.17, 15) is 9.90 Å². The van der Waals surface area contributed by atoms with Crippen LogP contribution in [0, 0.1) is 5.92 Å². The van der Waals surface area contributed by atoms with Crippen LogP contribution in [0.15, 0.2) is 43.0 Å². The summed E-state index contributed by atoms with van der Waals surface area (Å²) in [4.78, 5) is 16.7. The fourth-order valence-electron chi connectivity index (χ4n) is 3.48. The summed E-state index contributed by atoms with van der Waals surface area (Å²) in [6.07, 6.45) is 8.72. The summed E-state index contributed by atoms with van der Waals surface area (Å²) in [6, 6.07) is 7.09. The predicted octanol–water partition coefficient (Wildman–Crippen LogP) is 1.99. The highest BCUT2D eigenvalue weighted by atomic mass is 16.5. The van der Waals surface area contributed by atoms with Crippen LogP contribution in [-0.4, -0.2) is 38.8 Å². The number of para-hydroxylation sites is 1. The van der Waals surface area contributed by atoms with Crippen LogP contribution in [0.1, 0.15) is 36.0 Å². The lowest BCUT2D eigenvalue weighted by Gasteiger charge is -2.18. The van der Waals surface area contributed by atoms with Gasteiger partial charge < -0.3 is 19.7 Å². The number of imidazole rings is 1. The van der Waals surface area contributed by atoms with Crippen LogP contribution in [0.25, 0.3) is 0 Å². The molecule has 1 heterocycles. The van der Waals surface area contributed by atoms with Gasteiger partial charge in [0.25, 0.3) is 5.91 Å². The highest BCUT2D eigenvalue weighted by Crippen LogP contribution is 2.30. The molecule has 0 bridgehead atoms. The van der Waals surface area contributed by atoms with E-state index < -0.39 is 6.10 Å². The molecule has 2 N–H and O–H groups in total. The number of aromatic nitrogens is 2. The molecule has 0 aliphatic heterocycles. The Hall–Kier alpha value is -2.34. The number of carbonyl (C=O) groups excluding carboxylic acids is 1. The van der Waals surface area contributed by atoms with Gasteiger partial charge in [-0.3, -0.25) is 4.79 Å². The smallest absolute Gasteiger partial charge is 0.255 e. The van der Waals surface area contributed by atoms with Crippen molar-refractivity contribution in [2.45, 2.75) is 50.5 Å². The molecular formula is C19H23N3O3. The monoisotopic (exact) mass is 341 g/mol. The van der Waals surface area contributed by atoms with Crippen molar-refractivity contribution in [3.8, 4) is 5.75 Å².